The van der Waals surface area contributed by atoms with E-state index in [-0.39, 0.29) is 43.3 Å². The van der Waals surface area contributed by atoms with Crippen LogP contribution in [-0.4, -0.2) is 84.9 Å². The molecule has 0 aliphatic carbocycles. The number of aliphatic hydroxyl groups is 1. The van der Waals surface area contributed by atoms with E-state index in [1.807, 2.05) is 45.0 Å². The Morgan fingerprint density at radius 3 is 2.11 bits per heavy atom. The van der Waals surface area contributed by atoms with Gasteiger partial charge in [0.05, 0.1) is 44.3 Å². The molecule has 2 aromatic rings. The van der Waals surface area contributed by atoms with Crippen LogP contribution in [0, 0.1) is 17.8 Å². The second-order valence-corrected chi connectivity index (χ2v) is 12.9. The molecule has 3 amide bonds. The van der Waals surface area contributed by atoms with Crippen molar-refractivity contribution in [1.29, 1.82) is 0 Å². The lowest BCUT2D eigenvalue weighted by atomic mass is 9.70. The Morgan fingerprint density at radius 2 is 1.60 bits per heavy atom. The molecule has 47 heavy (non-hydrogen) atoms. The molecule has 5 rings (SSSR count). The third kappa shape index (κ3) is 6.16. The Morgan fingerprint density at radius 1 is 1.02 bits per heavy atom. The van der Waals surface area contributed by atoms with Crippen LogP contribution in [-0.2, 0) is 19.1 Å². The van der Waals surface area contributed by atoms with E-state index in [9.17, 15) is 19.5 Å². The van der Waals surface area contributed by atoms with Crippen LogP contribution in [0.25, 0.3) is 0 Å². The van der Waals surface area contributed by atoms with Crippen molar-refractivity contribution in [1.82, 2.24) is 4.90 Å². The summed E-state index contributed by atoms with van der Waals surface area (Å²) in [4.78, 5) is 48.9. The lowest BCUT2D eigenvalue weighted by molar-refractivity contribution is -0.144. The number of carbonyl (C=O) groups excluding carboxylic acids is 3. The molecular weight excluding hydrogens is 598 g/mol. The number of likely N-dealkylation sites (tertiary alicyclic amines) is 1. The first kappa shape index (κ1) is 34.2. The molecule has 6 atom stereocenters. The van der Waals surface area contributed by atoms with Gasteiger partial charge in [0.25, 0.3) is 5.91 Å². The maximum atomic E-state index is 14.9. The van der Waals surface area contributed by atoms with E-state index in [4.69, 9.17) is 14.2 Å². The average Bonchev–Trinajstić information content (AvgIpc) is 3.72. The van der Waals surface area contributed by atoms with Gasteiger partial charge in [-0.1, -0.05) is 26.0 Å². The monoisotopic (exact) mass is 645 g/mol. The van der Waals surface area contributed by atoms with Gasteiger partial charge < -0.3 is 34.0 Å². The van der Waals surface area contributed by atoms with Crippen molar-refractivity contribution in [2.24, 2.45) is 17.8 Å². The van der Waals surface area contributed by atoms with Crippen molar-refractivity contribution in [3.05, 3.63) is 73.8 Å². The fraction of sp³-hybridized carbons (Fsp3) is 0.486. The van der Waals surface area contributed by atoms with Crippen LogP contribution in [0.2, 0.25) is 0 Å². The van der Waals surface area contributed by atoms with Gasteiger partial charge in [-0.15, -0.1) is 13.2 Å². The molecule has 1 spiro atoms. The molecule has 0 radical (unpaired) electrons. The minimum absolute atomic E-state index is 0.136. The smallest absolute Gasteiger partial charge is 0.253 e. The summed E-state index contributed by atoms with van der Waals surface area (Å²) in [6.45, 7) is 14.3. The molecule has 3 aliphatic heterocycles. The summed E-state index contributed by atoms with van der Waals surface area (Å²) in [5.74, 6) is -1.15. The van der Waals surface area contributed by atoms with Crippen LogP contribution in [0.15, 0.2) is 73.8 Å². The quantitative estimate of drug-likeness (QED) is 0.282. The van der Waals surface area contributed by atoms with Crippen LogP contribution >= 0.6 is 0 Å². The number of anilines is 2. The molecule has 0 aromatic heterocycles. The van der Waals surface area contributed by atoms with E-state index in [0.717, 1.165) is 0 Å². The van der Waals surface area contributed by atoms with Gasteiger partial charge in [-0.05, 0) is 80.6 Å². The maximum Gasteiger partial charge on any atom is 0.253 e. The van der Waals surface area contributed by atoms with Crippen molar-refractivity contribution in [2.75, 3.05) is 43.2 Å². The van der Waals surface area contributed by atoms with E-state index in [1.54, 1.807) is 58.2 Å². The van der Waals surface area contributed by atoms with Crippen molar-refractivity contribution in [3.63, 3.8) is 0 Å². The molecule has 2 aromatic carbocycles. The number of fused-ring (bicyclic) bond motifs is 1. The number of amides is 3. The number of ether oxygens (including phenoxy) is 3. The number of nitrogens with zero attached hydrogens (tertiary/aromatic N) is 3. The van der Waals surface area contributed by atoms with Gasteiger partial charge in [-0.3, -0.25) is 14.4 Å². The summed E-state index contributed by atoms with van der Waals surface area (Å²) in [7, 11) is 1.57. The molecule has 2 bridgehead atoms. The fourth-order valence-electron chi connectivity index (χ4n) is 7.75. The lowest BCUT2D eigenvalue weighted by Gasteiger charge is -2.39. The van der Waals surface area contributed by atoms with Crippen molar-refractivity contribution < 1.29 is 33.7 Å². The highest BCUT2D eigenvalue weighted by Gasteiger charge is 2.75. The number of aliphatic hydroxyl groups excluding tert-OH is 1. The number of hydrogen-bond donors (Lipinski definition) is 1. The Balaban J connectivity index is 1.57. The average molecular weight is 646 g/mol. The zero-order valence-electron chi connectivity index (χ0n) is 27.8. The van der Waals surface area contributed by atoms with Crippen molar-refractivity contribution in [2.45, 2.75) is 63.8 Å². The largest absolute Gasteiger partial charge is 0.497 e. The normalized spacial score (nSPS) is 25.0. The molecule has 10 heteroatoms. The van der Waals surface area contributed by atoms with Crippen LogP contribution in [0.3, 0.4) is 0 Å². The molecule has 2 unspecified atom stereocenters. The predicted molar refractivity (Wildman–Crippen MR) is 180 cm³/mol. The highest BCUT2D eigenvalue weighted by atomic mass is 16.5. The third-order valence-corrected chi connectivity index (χ3v) is 9.60. The van der Waals surface area contributed by atoms with Crippen molar-refractivity contribution >= 4 is 29.1 Å². The van der Waals surface area contributed by atoms with Gasteiger partial charge in [0, 0.05) is 24.5 Å². The van der Waals surface area contributed by atoms with Gasteiger partial charge in [0.2, 0.25) is 11.8 Å². The Kier molecular flexibility index (Phi) is 10.4. The van der Waals surface area contributed by atoms with Crippen molar-refractivity contribution in [3.8, 4) is 11.5 Å². The topological polar surface area (TPSA) is 109 Å². The predicted octanol–water partition coefficient (Wildman–Crippen LogP) is 4.61. The highest BCUT2D eigenvalue weighted by Crippen LogP contribution is 2.59. The highest BCUT2D eigenvalue weighted by molar-refractivity contribution is 6.06. The van der Waals surface area contributed by atoms with E-state index in [2.05, 4.69) is 13.2 Å². The zero-order chi connectivity index (χ0) is 33.9. The second-order valence-electron chi connectivity index (χ2n) is 12.9. The Labute approximate surface area is 277 Å². The van der Waals surface area contributed by atoms with Crippen LogP contribution in [0.4, 0.5) is 11.4 Å². The van der Waals surface area contributed by atoms with E-state index >= 15 is 0 Å². The van der Waals surface area contributed by atoms with Crippen LogP contribution in [0.1, 0.15) is 40.0 Å². The van der Waals surface area contributed by atoms with Gasteiger partial charge >= 0.3 is 0 Å². The molecule has 3 fully saturated rings. The second kappa shape index (κ2) is 14.3. The number of carbonyl (C=O) groups is 3. The summed E-state index contributed by atoms with van der Waals surface area (Å²) in [6.07, 6.45) is 4.21. The van der Waals surface area contributed by atoms with Gasteiger partial charge in [-0.25, -0.2) is 0 Å². The van der Waals surface area contributed by atoms with Crippen LogP contribution < -0.4 is 19.3 Å². The lowest BCUT2D eigenvalue weighted by Crippen LogP contribution is -2.59. The number of methoxy groups -OCH3 is 1. The molecule has 3 aliphatic rings. The molecule has 1 N–H and O–H groups in total. The van der Waals surface area contributed by atoms with E-state index in [1.165, 1.54) is 0 Å². The third-order valence-electron chi connectivity index (χ3n) is 9.60. The first-order chi connectivity index (χ1) is 22.6. The molecule has 252 valence electrons. The number of hydrogen-bond acceptors (Lipinski definition) is 7. The van der Waals surface area contributed by atoms with Gasteiger partial charge in [-0.2, -0.15) is 0 Å². The molecule has 0 saturated carbocycles. The first-order valence-electron chi connectivity index (χ1n) is 16.5. The summed E-state index contributed by atoms with van der Waals surface area (Å²) in [5, 5.41) is 10.7. The summed E-state index contributed by atoms with van der Waals surface area (Å²) >= 11 is 0. The Bertz CT molecular complexity index is 1460. The van der Waals surface area contributed by atoms with E-state index in [0.29, 0.717) is 48.7 Å². The summed E-state index contributed by atoms with van der Waals surface area (Å²) in [5.41, 5.74) is 0.0312. The minimum atomic E-state index is -1.23. The number of rotatable bonds is 15. The SMILES string of the molecule is C=CCN(C(=O)C1N([C@@H](CO)CC(C)C)C(=O)[C@@H]2[C@H](C(=O)N(CC=C)c3ccc(OCC)cc3)[C@@H]3CCC12O3)c1ccc(OC)cc1. The maximum absolute atomic E-state index is 14.9. The number of benzene rings is 2. The molecular formula is C37H47N3O7. The van der Waals surface area contributed by atoms with Gasteiger partial charge in [0.1, 0.15) is 23.1 Å². The van der Waals surface area contributed by atoms with Crippen LogP contribution in [0.5, 0.6) is 11.5 Å². The fourth-order valence-corrected chi connectivity index (χ4v) is 7.75. The zero-order valence-corrected chi connectivity index (χ0v) is 27.8. The first-order valence-corrected chi connectivity index (χ1v) is 16.5. The van der Waals surface area contributed by atoms with E-state index < -0.39 is 35.6 Å². The molecule has 3 heterocycles. The Hall–Kier alpha value is -4.15. The summed E-state index contributed by atoms with van der Waals surface area (Å²) < 4.78 is 17.7. The minimum Gasteiger partial charge on any atom is -0.497 e. The standard InChI is InChI=1S/C37H47N3O7/c1-7-20-38(25-12-16-29(17-13-25)46-9-3)34(42)31-30-18-19-37(47-30)32(31)35(43)40(27(23-41)22-24(4)5)33(37)36(44)39(21-8-2)26-10-14-28(45-6)15-11-26/h7-8,10-17,24,27,30-33,41H,1-2,9,18-23H2,3-6H3/t27-,30+,31-,32+,33?,37?/m1/s1. The summed E-state index contributed by atoms with van der Waals surface area (Å²) in [6, 6.07) is 12.7. The van der Waals surface area contributed by atoms with Gasteiger partial charge in [0.15, 0.2) is 0 Å². The molecule has 3 saturated heterocycles. The molecule has 10 nitrogen and oxygen atoms in total.